The Balaban J connectivity index is 2.80. The van der Waals surface area contributed by atoms with E-state index in [1.54, 1.807) is 18.2 Å². The Hall–Kier alpha value is -2.32. The molecule has 0 atom stereocenters. The lowest BCUT2D eigenvalue weighted by molar-refractivity contribution is 0.860. The van der Waals surface area contributed by atoms with Gasteiger partial charge in [-0.2, -0.15) is 5.26 Å². The summed E-state index contributed by atoms with van der Waals surface area (Å²) < 4.78 is 0.946. The highest BCUT2D eigenvalue weighted by Gasteiger charge is 2.10. The number of rotatable bonds is 1. The molecule has 2 aromatic rings. The Labute approximate surface area is 107 Å². The summed E-state index contributed by atoms with van der Waals surface area (Å²) in [6.45, 7) is 1.52. The van der Waals surface area contributed by atoms with E-state index in [1.165, 1.54) is 13.0 Å². The van der Waals surface area contributed by atoms with Crippen molar-refractivity contribution < 1.29 is 0 Å². The van der Waals surface area contributed by atoms with Gasteiger partial charge in [0.05, 0.1) is 22.9 Å². The van der Waals surface area contributed by atoms with Gasteiger partial charge in [0.25, 0.3) is 5.56 Å². The topological polar surface area (TPSA) is 78.7 Å². The molecule has 1 aromatic heterocycles. The minimum atomic E-state index is -0.634. The molecule has 2 rings (SSSR count). The Kier molecular flexibility index (Phi) is 3.04. The molecule has 6 heteroatoms. The molecule has 5 nitrogen and oxygen atoms in total. The van der Waals surface area contributed by atoms with Gasteiger partial charge in [0.2, 0.25) is 0 Å². The van der Waals surface area contributed by atoms with Crippen molar-refractivity contribution in [1.82, 2.24) is 9.55 Å². The van der Waals surface area contributed by atoms with E-state index in [0.717, 1.165) is 4.57 Å². The van der Waals surface area contributed by atoms with E-state index in [0.29, 0.717) is 11.3 Å². The fraction of sp³-hybridized carbons (Fsp3) is 0.0833. The zero-order valence-electron chi connectivity index (χ0n) is 9.40. The summed E-state index contributed by atoms with van der Waals surface area (Å²) in [5.41, 5.74) is -0.186. The second-order valence-electron chi connectivity index (χ2n) is 3.67. The minimum Gasteiger partial charge on any atom is -0.297 e. The maximum atomic E-state index is 12.0. The van der Waals surface area contributed by atoms with Gasteiger partial charge in [-0.25, -0.2) is 9.36 Å². The molecule has 0 radical (unpaired) electrons. The highest BCUT2D eigenvalue weighted by atomic mass is 35.5. The lowest BCUT2D eigenvalue weighted by Crippen LogP contribution is -2.35. The maximum Gasteiger partial charge on any atom is 0.334 e. The van der Waals surface area contributed by atoms with Crippen LogP contribution in [0.5, 0.6) is 0 Å². The average molecular weight is 262 g/mol. The van der Waals surface area contributed by atoms with Crippen molar-refractivity contribution in [3.05, 3.63) is 61.4 Å². The average Bonchev–Trinajstić information content (AvgIpc) is 2.36. The van der Waals surface area contributed by atoms with Gasteiger partial charge in [-0.1, -0.05) is 17.7 Å². The predicted molar refractivity (Wildman–Crippen MR) is 67.1 cm³/mol. The number of aromatic amines is 1. The van der Waals surface area contributed by atoms with Gasteiger partial charge < -0.3 is 0 Å². The van der Waals surface area contributed by atoms with Crippen molar-refractivity contribution >= 4 is 11.6 Å². The van der Waals surface area contributed by atoms with Gasteiger partial charge in [-0.05, 0) is 25.1 Å². The predicted octanol–water partition coefficient (Wildman–Crippen LogP) is 1.36. The van der Waals surface area contributed by atoms with E-state index in [-0.39, 0.29) is 10.7 Å². The van der Waals surface area contributed by atoms with Gasteiger partial charge in [0.15, 0.2) is 0 Å². The van der Waals surface area contributed by atoms with Gasteiger partial charge in [0, 0.05) is 0 Å². The van der Waals surface area contributed by atoms with Gasteiger partial charge in [-0.3, -0.25) is 9.78 Å². The zero-order chi connectivity index (χ0) is 13.3. The number of benzene rings is 1. The molecule has 0 aliphatic carbocycles. The number of H-pyrrole nitrogens is 1. The second kappa shape index (κ2) is 4.51. The van der Waals surface area contributed by atoms with Gasteiger partial charge >= 0.3 is 5.69 Å². The van der Waals surface area contributed by atoms with Crippen LogP contribution < -0.4 is 11.2 Å². The van der Waals surface area contributed by atoms with Crippen molar-refractivity contribution in [2.45, 2.75) is 6.92 Å². The summed E-state index contributed by atoms with van der Waals surface area (Å²) in [5, 5.41) is 8.83. The number of hydrogen-bond donors (Lipinski definition) is 1. The van der Waals surface area contributed by atoms with Crippen molar-refractivity contribution in [3.63, 3.8) is 0 Å². The van der Waals surface area contributed by atoms with Crippen molar-refractivity contribution in [3.8, 4) is 11.8 Å². The summed E-state index contributed by atoms with van der Waals surface area (Å²) in [6, 6.07) is 8.17. The highest BCUT2D eigenvalue weighted by molar-refractivity contribution is 6.30. The van der Waals surface area contributed by atoms with Crippen molar-refractivity contribution in [1.29, 1.82) is 5.26 Å². The minimum absolute atomic E-state index is 0.0256. The molecule has 1 N–H and O–H groups in total. The van der Waals surface area contributed by atoms with Crippen LogP contribution in [0.15, 0.2) is 33.9 Å². The van der Waals surface area contributed by atoms with Crippen molar-refractivity contribution in [2.24, 2.45) is 0 Å². The molecular weight excluding hydrogens is 254 g/mol. The molecule has 0 saturated heterocycles. The van der Waals surface area contributed by atoms with Crippen LogP contribution in [0.25, 0.3) is 5.69 Å². The number of nitrogens with zero attached hydrogens (tertiary/aromatic N) is 2. The molecule has 1 heterocycles. The van der Waals surface area contributed by atoms with E-state index in [2.05, 4.69) is 4.98 Å². The Morgan fingerprint density at radius 2 is 2.11 bits per heavy atom. The van der Waals surface area contributed by atoms with Crippen LogP contribution in [-0.4, -0.2) is 9.55 Å². The molecule has 0 bridgehead atoms. The summed E-state index contributed by atoms with van der Waals surface area (Å²) in [4.78, 5) is 26.1. The lowest BCUT2D eigenvalue weighted by Gasteiger charge is -2.06. The van der Waals surface area contributed by atoms with Crippen LogP contribution >= 0.6 is 11.6 Å². The molecule has 0 spiro atoms. The molecule has 0 aliphatic heterocycles. The zero-order valence-corrected chi connectivity index (χ0v) is 10.2. The standard InChI is InChI=1S/C12H8ClN3O2/c1-7-10(13)15-12(18)16(11(7)17)9-4-2-3-8(5-9)6-14/h2-5H,1H3,(H,15,18). The van der Waals surface area contributed by atoms with Crippen LogP contribution in [0.4, 0.5) is 0 Å². The van der Waals surface area contributed by atoms with E-state index >= 15 is 0 Å². The third kappa shape index (κ3) is 1.94. The third-order valence-corrected chi connectivity index (χ3v) is 2.88. The number of nitriles is 1. The third-order valence-electron chi connectivity index (χ3n) is 2.51. The molecule has 90 valence electrons. The van der Waals surface area contributed by atoms with Gasteiger partial charge in [-0.15, -0.1) is 0 Å². The Morgan fingerprint density at radius 1 is 1.39 bits per heavy atom. The number of aromatic nitrogens is 2. The van der Waals surface area contributed by atoms with Crippen LogP contribution in [-0.2, 0) is 0 Å². The molecule has 1 aromatic carbocycles. The van der Waals surface area contributed by atoms with Crippen LogP contribution in [0.3, 0.4) is 0 Å². The quantitative estimate of drug-likeness (QED) is 0.787. The number of nitrogens with one attached hydrogen (secondary N) is 1. The van der Waals surface area contributed by atoms with Crippen LogP contribution in [0.2, 0.25) is 5.15 Å². The fourth-order valence-corrected chi connectivity index (χ4v) is 1.71. The van der Waals surface area contributed by atoms with E-state index < -0.39 is 11.2 Å². The SMILES string of the molecule is Cc1c(Cl)[nH]c(=O)n(-c2cccc(C#N)c2)c1=O. The molecule has 0 saturated carbocycles. The Bertz CT molecular complexity index is 768. The molecular formula is C12H8ClN3O2. The highest BCUT2D eigenvalue weighted by Crippen LogP contribution is 2.08. The van der Waals surface area contributed by atoms with E-state index in [4.69, 9.17) is 16.9 Å². The molecule has 18 heavy (non-hydrogen) atoms. The smallest absolute Gasteiger partial charge is 0.297 e. The molecule has 0 aliphatic rings. The Morgan fingerprint density at radius 3 is 2.78 bits per heavy atom. The lowest BCUT2D eigenvalue weighted by atomic mass is 10.2. The first-order valence-electron chi connectivity index (χ1n) is 5.06. The van der Waals surface area contributed by atoms with Crippen LogP contribution in [0.1, 0.15) is 11.1 Å². The first kappa shape index (κ1) is 12.1. The summed E-state index contributed by atoms with van der Waals surface area (Å²) in [5.74, 6) is 0. The summed E-state index contributed by atoms with van der Waals surface area (Å²) >= 11 is 5.72. The summed E-state index contributed by atoms with van der Waals surface area (Å²) in [6.07, 6.45) is 0. The maximum absolute atomic E-state index is 12.0. The monoisotopic (exact) mass is 261 g/mol. The normalized spacial score (nSPS) is 10.1. The second-order valence-corrected chi connectivity index (χ2v) is 4.05. The van der Waals surface area contributed by atoms with Gasteiger partial charge in [0.1, 0.15) is 5.15 Å². The van der Waals surface area contributed by atoms with E-state index in [1.807, 2.05) is 6.07 Å². The van der Waals surface area contributed by atoms with Crippen LogP contribution in [0, 0.1) is 18.3 Å². The fourth-order valence-electron chi connectivity index (χ4n) is 1.55. The number of halogens is 1. The molecule has 0 unspecified atom stereocenters. The summed E-state index contributed by atoms with van der Waals surface area (Å²) in [7, 11) is 0. The van der Waals surface area contributed by atoms with E-state index in [9.17, 15) is 9.59 Å². The first-order valence-corrected chi connectivity index (χ1v) is 5.44. The largest absolute Gasteiger partial charge is 0.334 e. The first-order chi connectivity index (χ1) is 8.54. The molecule has 0 fully saturated rings. The molecule has 0 amide bonds. The van der Waals surface area contributed by atoms with Crippen molar-refractivity contribution in [2.75, 3.05) is 0 Å². The number of hydrogen-bond acceptors (Lipinski definition) is 3.